The van der Waals surface area contributed by atoms with Crippen molar-refractivity contribution in [1.82, 2.24) is 0 Å². The topological polar surface area (TPSA) is 17.1 Å². The second kappa shape index (κ2) is 3.81. The largest absolute Gasteiger partial charge is 0.293 e. The Morgan fingerprint density at radius 1 is 1.62 bits per heavy atom. The molecule has 70 valence electrons. The summed E-state index contributed by atoms with van der Waals surface area (Å²) in [5, 5.41) is 2.48. The minimum atomic E-state index is 0.215. The van der Waals surface area contributed by atoms with Gasteiger partial charge in [0.15, 0.2) is 5.78 Å². The van der Waals surface area contributed by atoms with E-state index in [2.05, 4.69) is 0 Å². The van der Waals surface area contributed by atoms with Crippen LogP contribution in [0.25, 0.3) is 0 Å². The van der Waals surface area contributed by atoms with Crippen LogP contribution >= 0.6 is 22.9 Å². The Hall–Kier alpha value is -0.340. The van der Waals surface area contributed by atoms with Crippen LogP contribution in [0.4, 0.5) is 0 Å². The van der Waals surface area contributed by atoms with E-state index in [0.717, 1.165) is 17.2 Å². The van der Waals surface area contributed by atoms with Crippen LogP contribution in [0.5, 0.6) is 0 Å². The fourth-order valence-electron chi connectivity index (χ4n) is 1.35. The predicted molar refractivity (Wildman–Crippen MR) is 55.6 cm³/mol. The molecule has 0 radical (unpaired) electrons. The molecule has 0 saturated heterocycles. The number of thiophene rings is 1. The summed E-state index contributed by atoms with van der Waals surface area (Å²) in [7, 11) is 0. The molecule has 0 unspecified atom stereocenters. The van der Waals surface area contributed by atoms with E-state index >= 15 is 0 Å². The van der Waals surface area contributed by atoms with Crippen molar-refractivity contribution >= 4 is 28.7 Å². The molecule has 1 fully saturated rings. The van der Waals surface area contributed by atoms with Gasteiger partial charge in [0.2, 0.25) is 0 Å². The van der Waals surface area contributed by atoms with E-state index in [9.17, 15) is 4.79 Å². The van der Waals surface area contributed by atoms with Crippen LogP contribution in [0, 0.1) is 5.92 Å². The highest BCUT2D eigenvalue weighted by atomic mass is 35.5. The first-order valence-electron chi connectivity index (χ1n) is 4.53. The van der Waals surface area contributed by atoms with E-state index in [1.165, 1.54) is 24.2 Å². The monoisotopic (exact) mass is 214 g/mol. The van der Waals surface area contributed by atoms with Gasteiger partial charge in [0, 0.05) is 6.42 Å². The van der Waals surface area contributed by atoms with E-state index in [4.69, 9.17) is 11.6 Å². The maximum Gasteiger partial charge on any atom is 0.174 e. The molecule has 1 heterocycles. The first-order chi connectivity index (χ1) is 6.27. The molecular weight excluding hydrogens is 204 g/mol. The zero-order chi connectivity index (χ0) is 9.26. The minimum Gasteiger partial charge on any atom is -0.293 e. The van der Waals surface area contributed by atoms with E-state index < -0.39 is 0 Å². The average molecular weight is 215 g/mol. The third-order valence-electron chi connectivity index (χ3n) is 2.35. The number of carbonyl (C=O) groups is 1. The van der Waals surface area contributed by atoms with Gasteiger partial charge < -0.3 is 0 Å². The van der Waals surface area contributed by atoms with Gasteiger partial charge in [-0.3, -0.25) is 4.79 Å². The molecule has 2 rings (SSSR count). The molecule has 1 aromatic heterocycles. The van der Waals surface area contributed by atoms with Crippen LogP contribution in [0.2, 0.25) is 5.02 Å². The first kappa shape index (κ1) is 9.22. The van der Waals surface area contributed by atoms with Crippen LogP contribution in [0.1, 0.15) is 35.4 Å². The molecule has 0 atom stereocenters. The van der Waals surface area contributed by atoms with Crippen molar-refractivity contribution in [2.75, 3.05) is 0 Å². The number of ketones is 1. The number of hydrogen-bond donors (Lipinski definition) is 0. The van der Waals surface area contributed by atoms with Crippen molar-refractivity contribution in [2.45, 2.75) is 25.7 Å². The van der Waals surface area contributed by atoms with Crippen LogP contribution in [-0.2, 0) is 0 Å². The summed E-state index contributed by atoms with van der Waals surface area (Å²) in [6, 6.07) is 1.79. The lowest BCUT2D eigenvalue weighted by Gasteiger charge is -1.96. The van der Waals surface area contributed by atoms with Crippen molar-refractivity contribution < 1.29 is 4.79 Å². The molecule has 13 heavy (non-hydrogen) atoms. The Bertz CT molecular complexity index is 314. The summed E-state index contributed by atoms with van der Waals surface area (Å²) in [5.41, 5.74) is 0. The van der Waals surface area contributed by atoms with Crippen molar-refractivity contribution in [3.8, 4) is 0 Å². The lowest BCUT2D eigenvalue weighted by atomic mass is 10.1. The SMILES string of the molecule is O=C(CCC1CC1)c1sccc1Cl. The number of carbonyl (C=O) groups excluding carboxylic acids is 1. The molecule has 0 aromatic carbocycles. The van der Waals surface area contributed by atoms with Crippen LogP contribution in [0.3, 0.4) is 0 Å². The minimum absolute atomic E-state index is 0.215. The molecule has 1 aromatic rings. The van der Waals surface area contributed by atoms with Gasteiger partial charge >= 0.3 is 0 Å². The van der Waals surface area contributed by atoms with Crippen molar-refractivity contribution in [3.05, 3.63) is 21.3 Å². The van der Waals surface area contributed by atoms with Gasteiger partial charge in [-0.1, -0.05) is 24.4 Å². The molecule has 1 aliphatic rings. The summed E-state index contributed by atoms with van der Waals surface area (Å²) >= 11 is 7.30. The van der Waals surface area contributed by atoms with E-state index in [1.807, 2.05) is 5.38 Å². The fourth-order valence-corrected chi connectivity index (χ4v) is 2.48. The normalized spacial score (nSPS) is 16.1. The molecule has 0 aliphatic heterocycles. The molecule has 0 bridgehead atoms. The summed E-state index contributed by atoms with van der Waals surface area (Å²) < 4.78 is 0. The van der Waals surface area contributed by atoms with Gasteiger partial charge in [-0.25, -0.2) is 0 Å². The zero-order valence-electron chi connectivity index (χ0n) is 7.25. The third kappa shape index (κ3) is 2.32. The summed E-state index contributed by atoms with van der Waals surface area (Å²) in [4.78, 5) is 12.3. The summed E-state index contributed by atoms with van der Waals surface area (Å²) in [6.07, 6.45) is 4.34. The van der Waals surface area contributed by atoms with Crippen LogP contribution < -0.4 is 0 Å². The van der Waals surface area contributed by atoms with Crippen molar-refractivity contribution in [1.29, 1.82) is 0 Å². The van der Waals surface area contributed by atoms with Crippen molar-refractivity contribution in [2.24, 2.45) is 5.92 Å². The fraction of sp³-hybridized carbons (Fsp3) is 0.500. The molecule has 1 aliphatic carbocycles. The molecule has 3 heteroatoms. The Labute approximate surface area is 86.7 Å². The second-order valence-corrected chi connectivity index (χ2v) is 4.83. The Morgan fingerprint density at radius 2 is 2.38 bits per heavy atom. The van der Waals surface area contributed by atoms with E-state index in [-0.39, 0.29) is 5.78 Å². The van der Waals surface area contributed by atoms with Crippen molar-refractivity contribution in [3.63, 3.8) is 0 Å². The van der Waals surface area contributed by atoms with Gasteiger partial charge in [-0.05, 0) is 23.8 Å². The Kier molecular flexibility index (Phi) is 2.70. The van der Waals surface area contributed by atoms with Gasteiger partial charge in [-0.2, -0.15) is 0 Å². The predicted octanol–water partition coefficient (Wildman–Crippen LogP) is 3.77. The Balaban J connectivity index is 1.92. The number of halogens is 1. The highest BCUT2D eigenvalue weighted by Crippen LogP contribution is 2.34. The number of rotatable bonds is 4. The van der Waals surface area contributed by atoms with Gasteiger partial charge in [0.05, 0.1) is 9.90 Å². The van der Waals surface area contributed by atoms with Crippen LogP contribution in [0.15, 0.2) is 11.4 Å². The maximum atomic E-state index is 11.6. The molecular formula is C10H11ClOS. The number of Topliss-reactive ketones (excluding diaryl/α,β-unsaturated/α-hetero) is 1. The average Bonchev–Trinajstić information content (AvgIpc) is 2.84. The molecule has 0 spiro atoms. The van der Waals surface area contributed by atoms with Gasteiger partial charge in [-0.15, -0.1) is 11.3 Å². The molecule has 0 N–H and O–H groups in total. The first-order valence-corrected chi connectivity index (χ1v) is 5.79. The Morgan fingerprint density at radius 3 is 2.92 bits per heavy atom. The van der Waals surface area contributed by atoms with E-state index in [0.29, 0.717) is 11.4 Å². The molecule has 0 amide bonds. The standard InChI is InChI=1S/C10H11ClOS/c11-8-5-6-13-10(8)9(12)4-3-7-1-2-7/h5-7H,1-4H2. The van der Waals surface area contributed by atoms with Gasteiger partial charge in [0.25, 0.3) is 0 Å². The van der Waals surface area contributed by atoms with E-state index in [1.54, 1.807) is 6.07 Å². The molecule has 1 nitrogen and oxygen atoms in total. The number of hydrogen-bond acceptors (Lipinski definition) is 2. The lowest BCUT2D eigenvalue weighted by molar-refractivity contribution is 0.0982. The quantitative estimate of drug-likeness (QED) is 0.698. The summed E-state index contributed by atoms with van der Waals surface area (Å²) in [6.45, 7) is 0. The zero-order valence-corrected chi connectivity index (χ0v) is 8.83. The smallest absolute Gasteiger partial charge is 0.174 e. The molecule has 1 saturated carbocycles. The highest BCUT2D eigenvalue weighted by Gasteiger charge is 2.22. The summed E-state index contributed by atoms with van der Waals surface area (Å²) in [5.74, 6) is 1.04. The van der Waals surface area contributed by atoms with Gasteiger partial charge in [0.1, 0.15) is 0 Å². The maximum absolute atomic E-state index is 11.6. The third-order valence-corrected chi connectivity index (χ3v) is 3.73. The second-order valence-electron chi connectivity index (χ2n) is 3.50. The lowest BCUT2D eigenvalue weighted by Crippen LogP contribution is -1.96. The van der Waals surface area contributed by atoms with Crippen LogP contribution in [-0.4, -0.2) is 5.78 Å². The highest BCUT2D eigenvalue weighted by molar-refractivity contribution is 7.12.